The van der Waals surface area contributed by atoms with Crippen molar-refractivity contribution in [2.24, 2.45) is 11.1 Å². The number of nitriles is 1. The number of carbonyl (C=O) groups is 3. The summed E-state index contributed by atoms with van der Waals surface area (Å²) in [6, 6.07) is 10.4. The number of carbonyl (C=O) groups excluding carboxylic acids is 2. The lowest BCUT2D eigenvalue weighted by molar-refractivity contribution is -0.118. The zero-order chi connectivity index (χ0) is 30.3. The van der Waals surface area contributed by atoms with Gasteiger partial charge in [-0.3, -0.25) is 14.5 Å². The Labute approximate surface area is 258 Å². The summed E-state index contributed by atoms with van der Waals surface area (Å²) in [7, 11) is 0. The number of nitrogens with zero attached hydrogens (tertiary/aromatic N) is 4. The number of nitrogens with one attached hydrogen (secondary N) is 1. The summed E-state index contributed by atoms with van der Waals surface area (Å²) in [6.07, 6.45) is 0.908. The maximum absolute atomic E-state index is 13.6. The Morgan fingerprint density at radius 1 is 1.26 bits per heavy atom. The molecule has 0 saturated heterocycles. The van der Waals surface area contributed by atoms with E-state index in [2.05, 4.69) is 21.6 Å². The summed E-state index contributed by atoms with van der Waals surface area (Å²) in [4.78, 5) is 41.2. The summed E-state index contributed by atoms with van der Waals surface area (Å²) >= 11 is 9.78. The number of allylic oxidation sites excluding steroid dienone is 3. The van der Waals surface area contributed by atoms with E-state index in [0.717, 1.165) is 21.5 Å². The van der Waals surface area contributed by atoms with Gasteiger partial charge in [0.1, 0.15) is 5.82 Å². The van der Waals surface area contributed by atoms with Gasteiger partial charge >= 0.3 is 5.97 Å². The second-order valence-corrected chi connectivity index (χ2v) is 14.5. The molecule has 0 bridgehead atoms. The van der Waals surface area contributed by atoms with E-state index in [4.69, 9.17) is 17.3 Å². The van der Waals surface area contributed by atoms with Crippen molar-refractivity contribution >= 4 is 74.5 Å². The number of rotatable bonds is 7. The standard InChI is InChI=1S/C28H25ClN6O4S3/c1-13-4-7-20(41-13)22-16(11-30)24(31)35(18-9-28(2,3)10-19(36)23(18)22)26-33-34-27(42-26)40-12-21(37)32-14-5-6-17(29)15(8-14)25(38)39/h4-8,22H,9-10,12,31H2,1-3H3,(H,32,37)(H,38,39). The van der Waals surface area contributed by atoms with E-state index in [1.54, 1.807) is 4.90 Å². The van der Waals surface area contributed by atoms with Crippen molar-refractivity contribution in [3.8, 4) is 6.07 Å². The number of aryl methyl sites for hydroxylation is 1. The van der Waals surface area contributed by atoms with Crippen molar-refractivity contribution in [1.29, 1.82) is 5.26 Å². The molecule has 216 valence electrons. The number of hydrogen-bond donors (Lipinski definition) is 3. The average Bonchev–Trinajstić information content (AvgIpc) is 3.56. The fourth-order valence-corrected chi connectivity index (χ4v) is 7.94. The molecule has 1 amide bonds. The number of thiophene rings is 1. The smallest absolute Gasteiger partial charge is 0.337 e. The second kappa shape index (κ2) is 11.5. The van der Waals surface area contributed by atoms with Crippen LogP contribution in [-0.4, -0.2) is 38.7 Å². The number of Topliss-reactive ketones (excluding diaryl/α,β-unsaturated/α-hetero) is 1. The molecule has 0 radical (unpaired) electrons. The maximum atomic E-state index is 13.6. The van der Waals surface area contributed by atoms with Gasteiger partial charge in [0.05, 0.1) is 33.9 Å². The van der Waals surface area contributed by atoms with E-state index >= 15 is 0 Å². The zero-order valence-corrected chi connectivity index (χ0v) is 25.9. The predicted octanol–water partition coefficient (Wildman–Crippen LogP) is 5.93. The fraction of sp³-hybridized carbons (Fsp3) is 0.286. The molecule has 1 atom stereocenters. The third kappa shape index (κ3) is 5.80. The molecule has 3 heterocycles. The summed E-state index contributed by atoms with van der Waals surface area (Å²) in [5.74, 6) is -1.95. The lowest BCUT2D eigenvalue weighted by Crippen LogP contribution is -2.42. The Balaban J connectivity index is 1.41. The molecule has 0 fully saturated rings. The number of carboxylic acid groups (broad SMARTS) is 1. The van der Waals surface area contributed by atoms with Crippen molar-refractivity contribution in [3.63, 3.8) is 0 Å². The first kappa shape index (κ1) is 29.8. The van der Waals surface area contributed by atoms with Gasteiger partial charge in [0.15, 0.2) is 10.1 Å². The van der Waals surface area contributed by atoms with Gasteiger partial charge < -0.3 is 16.2 Å². The lowest BCUT2D eigenvalue weighted by atomic mass is 9.70. The van der Waals surface area contributed by atoms with Crippen molar-refractivity contribution in [2.45, 2.75) is 43.9 Å². The molecule has 1 aromatic carbocycles. The second-order valence-electron chi connectivity index (χ2n) is 10.6. The predicted molar refractivity (Wildman–Crippen MR) is 164 cm³/mol. The lowest BCUT2D eigenvalue weighted by Gasteiger charge is -2.42. The Morgan fingerprint density at radius 2 is 2.02 bits per heavy atom. The number of halogens is 1. The number of hydrogen-bond acceptors (Lipinski definition) is 11. The minimum Gasteiger partial charge on any atom is -0.478 e. The van der Waals surface area contributed by atoms with E-state index in [0.29, 0.717) is 39.3 Å². The number of nitrogens with two attached hydrogens (primary N) is 1. The molecule has 3 aromatic rings. The molecular weight excluding hydrogens is 616 g/mol. The van der Waals surface area contributed by atoms with Gasteiger partial charge in [-0.15, -0.1) is 21.5 Å². The minimum atomic E-state index is -1.20. The van der Waals surface area contributed by atoms with E-state index < -0.39 is 11.9 Å². The van der Waals surface area contributed by atoms with Gasteiger partial charge in [-0.05, 0) is 49.1 Å². The molecule has 42 heavy (non-hydrogen) atoms. The van der Waals surface area contributed by atoms with Gasteiger partial charge in [0.2, 0.25) is 11.0 Å². The van der Waals surface area contributed by atoms with Crippen LogP contribution in [0.15, 0.2) is 57.3 Å². The highest BCUT2D eigenvalue weighted by Gasteiger charge is 2.45. The molecule has 10 nitrogen and oxygen atoms in total. The average molecular weight is 641 g/mol. The van der Waals surface area contributed by atoms with Gasteiger partial charge in [0, 0.05) is 33.1 Å². The van der Waals surface area contributed by atoms with Gasteiger partial charge in [0.25, 0.3) is 0 Å². The zero-order valence-electron chi connectivity index (χ0n) is 22.7. The number of anilines is 2. The highest BCUT2D eigenvalue weighted by Crippen LogP contribution is 2.51. The Kier molecular flexibility index (Phi) is 8.17. The van der Waals surface area contributed by atoms with Crippen molar-refractivity contribution in [1.82, 2.24) is 10.2 Å². The fourth-order valence-electron chi connectivity index (χ4n) is 5.06. The number of benzene rings is 1. The Bertz CT molecular complexity index is 1730. The van der Waals surface area contributed by atoms with E-state index in [-0.39, 0.29) is 44.8 Å². The molecule has 2 aliphatic rings. The highest BCUT2D eigenvalue weighted by atomic mass is 35.5. The largest absolute Gasteiger partial charge is 0.478 e. The first-order valence-corrected chi connectivity index (χ1v) is 15.7. The first-order chi connectivity index (χ1) is 19.9. The van der Waals surface area contributed by atoms with Crippen LogP contribution in [0.4, 0.5) is 10.8 Å². The number of thioether (sulfide) groups is 1. The first-order valence-electron chi connectivity index (χ1n) is 12.7. The third-order valence-electron chi connectivity index (χ3n) is 6.82. The van der Waals surface area contributed by atoms with Crippen LogP contribution in [0.25, 0.3) is 0 Å². The summed E-state index contributed by atoms with van der Waals surface area (Å²) in [5, 5.41) is 31.1. The molecule has 4 N–H and O–H groups in total. The summed E-state index contributed by atoms with van der Waals surface area (Å²) in [5.41, 5.74) is 8.09. The molecule has 14 heteroatoms. The van der Waals surface area contributed by atoms with Crippen LogP contribution in [0.2, 0.25) is 5.02 Å². The SMILES string of the molecule is Cc1ccc(C2C(C#N)=C(N)N(c3nnc(SCC(=O)Nc4ccc(Cl)c(C(=O)O)c4)s3)C3=C2C(=O)CC(C)(C)C3)s1. The quantitative estimate of drug-likeness (QED) is 0.264. The Morgan fingerprint density at radius 3 is 2.69 bits per heavy atom. The van der Waals surface area contributed by atoms with Crippen LogP contribution in [-0.2, 0) is 9.59 Å². The van der Waals surface area contributed by atoms with Crippen LogP contribution < -0.4 is 16.0 Å². The number of aromatic nitrogens is 2. The number of amides is 1. The van der Waals surface area contributed by atoms with E-state index in [1.165, 1.54) is 40.9 Å². The summed E-state index contributed by atoms with van der Waals surface area (Å²) < 4.78 is 0.480. The maximum Gasteiger partial charge on any atom is 0.337 e. The van der Waals surface area contributed by atoms with E-state index in [9.17, 15) is 24.8 Å². The third-order valence-corrected chi connectivity index (χ3v) is 10.3. The molecular formula is C28H25ClN6O4S3. The van der Waals surface area contributed by atoms with Gasteiger partial charge in [-0.25, -0.2) is 4.79 Å². The van der Waals surface area contributed by atoms with Crippen molar-refractivity contribution in [2.75, 3.05) is 16.0 Å². The molecule has 1 aliphatic heterocycles. The number of aromatic carboxylic acids is 1. The minimum absolute atomic E-state index is 0.0201. The van der Waals surface area contributed by atoms with Gasteiger partial charge in [-0.1, -0.05) is 48.5 Å². The molecule has 5 rings (SSSR count). The van der Waals surface area contributed by atoms with Crippen molar-refractivity contribution < 1.29 is 19.5 Å². The molecule has 0 saturated carbocycles. The highest BCUT2D eigenvalue weighted by molar-refractivity contribution is 8.01. The normalized spacial score (nSPS) is 18.1. The summed E-state index contributed by atoms with van der Waals surface area (Å²) in [6.45, 7) is 6.03. The number of carboxylic acids is 1. The van der Waals surface area contributed by atoms with Crippen LogP contribution >= 0.6 is 46.0 Å². The van der Waals surface area contributed by atoms with Crippen LogP contribution in [0, 0.1) is 23.7 Å². The van der Waals surface area contributed by atoms with E-state index in [1.807, 2.05) is 32.9 Å². The molecule has 1 unspecified atom stereocenters. The Hall–Kier alpha value is -3.70. The van der Waals surface area contributed by atoms with Gasteiger partial charge in [-0.2, -0.15) is 5.26 Å². The molecule has 1 aliphatic carbocycles. The van der Waals surface area contributed by atoms with Crippen LogP contribution in [0.5, 0.6) is 0 Å². The monoisotopic (exact) mass is 640 g/mol. The number of ketones is 1. The topological polar surface area (TPSA) is 162 Å². The van der Waals surface area contributed by atoms with Crippen LogP contribution in [0.3, 0.4) is 0 Å². The molecule has 2 aromatic heterocycles. The van der Waals surface area contributed by atoms with Crippen molar-refractivity contribution in [3.05, 3.63) is 73.3 Å². The van der Waals surface area contributed by atoms with Crippen LogP contribution in [0.1, 0.15) is 52.7 Å². The molecule has 0 spiro atoms.